The van der Waals surface area contributed by atoms with Crippen LogP contribution < -0.4 is 10.6 Å². The summed E-state index contributed by atoms with van der Waals surface area (Å²) in [6.45, 7) is 6.82. The topological polar surface area (TPSA) is 70.3 Å². The van der Waals surface area contributed by atoms with E-state index in [4.69, 9.17) is 5.73 Å². The minimum atomic E-state index is 0.120. The zero-order chi connectivity index (χ0) is 14.3. The average molecular weight is 269 g/mol. The van der Waals surface area contributed by atoms with E-state index in [2.05, 4.69) is 39.1 Å². The first-order valence-corrected chi connectivity index (χ1v) is 6.76. The molecule has 20 heavy (non-hydrogen) atoms. The molecule has 104 valence electrons. The highest BCUT2D eigenvalue weighted by atomic mass is 15.3. The maximum atomic E-state index is 6.12. The van der Waals surface area contributed by atoms with Crippen LogP contribution in [0.25, 0.3) is 0 Å². The highest BCUT2D eigenvalue weighted by molar-refractivity contribution is 5.98. The Balaban J connectivity index is 2.08. The maximum absolute atomic E-state index is 6.12. The molecule has 1 aliphatic rings. The first-order chi connectivity index (χ1) is 9.59. The van der Waals surface area contributed by atoms with Crippen LogP contribution in [0.15, 0.2) is 29.3 Å². The van der Waals surface area contributed by atoms with Crippen LogP contribution in [0, 0.1) is 20.8 Å². The molecule has 1 atom stereocenters. The largest absolute Gasteiger partial charge is 0.369 e. The molecule has 0 saturated carbocycles. The highest BCUT2D eigenvalue weighted by Gasteiger charge is 2.32. The molecular weight excluding hydrogens is 250 g/mol. The van der Waals surface area contributed by atoms with Gasteiger partial charge in [0, 0.05) is 16.9 Å². The van der Waals surface area contributed by atoms with Gasteiger partial charge in [-0.25, -0.2) is 0 Å². The smallest absolute Gasteiger partial charge is 0.196 e. The summed E-state index contributed by atoms with van der Waals surface area (Å²) >= 11 is 0. The fourth-order valence-electron chi connectivity index (χ4n) is 2.89. The number of nitrogens with zero attached hydrogens (tertiary/aromatic N) is 3. The summed E-state index contributed by atoms with van der Waals surface area (Å²) in [7, 11) is 0. The Labute approximate surface area is 118 Å². The lowest BCUT2D eigenvalue weighted by Gasteiger charge is -2.28. The van der Waals surface area contributed by atoms with Crippen molar-refractivity contribution in [1.82, 2.24) is 10.2 Å². The van der Waals surface area contributed by atoms with Crippen LogP contribution in [-0.4, -0.2) is 22.7 Å². The summed E-state index contributed by atoms with van der Waals surface area (Å²) in [6, 6.07) is 8.36. The molecule has 3 N–H and O–H groups in total. The number of benzene rings is 1. The number of nitrogens with one attached hydrogen (secondary N) is 1. The molecule has 0 bridgehead atoms. The molecule has 0 aliphatic carbocycles. The van der Waals surface area contributed by atoms with E-state index >= 15 is 0 Å². The molecule has 1 aliphatic heterocycles. The maximum Gasteiger partial charge on any atom is 0.196 e. The van der Waals surface area contributed by atoms with Gasteiger partial charge in [-0.15, -0.1) is 0 Å². The number of rotatable bonds is 2. The molecule has 0 spiro atoms. The molecule has 3 rings (SSSR count). The number of aryl methyl sites for hydroxylation is 3. The zero-order valence-electron chi connectivity index (χ0n) is 12.0. The summed E-state index contributed by atoms with van der Waals surface area (Å²) < 4.78 is 0. The third kappa shape index (κ3) is 1.86. The standard InChI is InChI=1S/C15H19N5/c1-9-6-4-5-7-12(9)20-13(8-17-15(20)16)14-10(2)18-19-11(14)3/h4-7,13H,8H2,1-3H3,(H2,16,17)(H,18,19). The molecule has 1 aromatic carbocycles. The lowest BCUT2D eigenvalue weighted by molar-refractivity contribution is 0.755. The number of aromatic nitrogens is 2. The minimum absolute atomic E-state index is 0.120. The number of para-hydroxylation sites is 1. The minimum Gasteiger partial charge on any atom is -0.369 e. The molecule has 1 aromatic heterocycles. The molecule has 1 unspecified atom stereocenters. The van der Waals surface area contributed by atoms with Gasteiger partial charge in [0.05, 0.1) is 18.3 Å². The van der Waals surface area contributed by atoms with E-state index in [9.17, 15) is 0 Å². The van der Waals surface area contributed by atoms with Crippen molar-refractivity contribution in [3.63, 3.8) is 0 Å². The van der Waals surface area contributed by atoms with Crippen molar-refractivity contribution in [3.8, 4) is 0 Å². The number of H-pyrrole nitrogens is 1. The molecule has 0 fully saturated rings. The number of nitrogens with two attached hydrogens (primary N) is 1. The van der Waals surface area contributed by atoms with Crippen LogP contribution in [0.4, 0.5) is 5.69 Å². The van der Waals surface area contributed by atoms with Crippen LogP contribution in [-0.2, 0) is 0 Å². The van der Waals surface area contributed by atoms with Crippen LogP contribution in [0.3, 0.4) is 0 Å². The first-order valence-electron chi connectivity index (χ1n) is 6.76. The van der Waals surface area contributed by atoms with Crippen molar-refractivity contribution in [2.45, 2.75) is 26.8 Å². The Kier molecular flexibility index (Phi) is 2.97. The third-order valence-electron chi connectivity index (χ3n) is 3.88. The Hall–Kier alpha value is -2.30. The Morgan fingerprint density at radius 1 is 1.25 bits per heavy atom. The normalized spacial score (nSPS) is 18.4. The molecule has 0 saturated heterocycles. The van der Waals surface area contributed by atoms with Crippen LogP contribution >= 0.6 is 0 Å². The highest BCUT2D eigenvalue weighted by Crippen LogP contribution is 2.35. The predicted octanol–water partition coefficient (Wildman–Crippen LogP) is 2.21. The van der Waals surface area contributed by atoms with E-state index in [1.165, 1.54) is 11.1 Å². The van der Waals surface area contributed by atoms with Gasteiger partial charge in [-0.1, -0.05) is 18.2 Å². The number of anilines is 1. The number of hydrogen-bond donors (Lipinski definition) is 2. The monoisotopic (exact) mass is 269 g/mol. The van der Waals surface area contributed by atoms with Crippen molar-refractivity contribution >= 4 is 11.6 Å². The van der Waals surface area contributed by atoms with E-state index in [1.807, 2.05) is 26.0 Å². The fourth-order valence-corrected chi connectivity index (χ4v) is 2.89. The summed E-state index contributed by atoms with van der Waals surface area (Å²) in [6.07, 6.45) is 0. The van der Waals surface area contributed by atoms with E-state index in [0.717, 1.165) is 17.1 Å². The van der Waals surface area contributed by atoms with Crippen molar-refractivity contribution in [3.05, 3.63) is 46.8 Å². The summed E-state index contributed by atoms with van der Waals surface area (Å²) in [5, 5.41) is 7.34. The van der Waals surface area contributed by atoms with E-state index < -0.39 is 0 Å². The second-order valence-corrected chi connectivity index (χ2v) is 5.22. The lowest BCUT2D eigenvalue weighted by Crippen LogP contribution is -2.37. The second kappa shape index (κ2) is 4.67. The van der Waals surface area contributed by atoms with Gasteiger partial charge in [-0.2, -0.15) is 5.10 Å². The van der Waals surface area contributed by atoms with Crippen molar-refractivity contribution in [2.75, 3.05) is 11.4 Å². The quantitative estimate of drug-likeness (QED) is 0.878. The van der Waals surface area contributed by atoms with E-state index in [1.54, 1.807) is 0 Å². The van der Waals surface area contributed by atoms with E-state index in [-0.39, 0.29) is 6.04 Å². The molecule has 0 amide bonds. The second-order valence-electron chi connectivity index (χ2n) is 5.22. The number of aromatic amines is 1. The van der Waals surface area contributed by atoms with Crippen molar-refractivity contribution < 1.29 is 0 Å². The van der Waals surface area contributed by atoms with E-state index in [0.29, 0.717) is 12.5 Å². The Morgan fingerprint density at radius 2 is 2.00 bits per heavy atom. The summed E-state index contributed by atoms with van der Waals surface area (Å²) in [4.78, 5) is 6.54. The molecule has 2 heterocycles. The third-order valence-corrected chi connectivity index (χ3v) is 3.88. The van der Waals surface area contributed by atoms with Gasteiger partial charge in [0.2, 0.25) is 0 Å². The Morgan fingerprint density at radius 3 is 2.65 bits per heavy atom. The van der Waals surface area contributed by atoms with Gasteiger partial charge in [0.25, 0.3) is 0 Å². The average Bonchev–Trinajstić information content (AvgIpc) is 2.94. The number of hydrogen-bond acceptors (Lipinski definition) is 4. The van der Waals surface area contributed by atoms with Gasteiger partial charge in [-0.05, 0) is 32.4 Å². The SMILES string of the molecule is Cc1ccccc1N1C(N)=NCC1c1c(C)n[nH]c1C. The summed E-state index contributed by atoms with van der Waals surface area (Å²) in [5.41, 5.74) is 11.7. The molecule has 5 heteroatoms. The van der Waals surface area contributed by atoms with Gasteiger partial charge in [-0.3, -0.25) is 10.1 Å². The van der Waals surface area contributed by atoms with Crippen LogP contribution in [0.2, 0.25) is 0 Å². The zero-order valence-corrected chi connectivity index (χ0v) is 12.0. The Bertz CT molecular complexity index is 651. The van der Waals surface area contributed by atoms with Gasteiger partial charge in [0.1, 0.15) is 0 Å². The molecular formula is C15H19N5. The fraction of sp³-hybridized carbons (Fsp3) is 0.333. The molecule has 5 nitrogen and oxygen atoms in total. The van der Waals surface area contributed by atoms with Gasteiger partial charge >= 0.3 is 0 Å². The van der Waals surface area contributed by atoms with Crippen molar-refractivity contribution in [1.29, 1.82) is 0 Å². The van der Waals surface area contributed by atoms with Gasteiger partial charge < -0.3 is 10.6 Å². The molecule has 0 radical (unpaired) electrons. The van der Waals surface area contributed by atoms with Crippen molar-refractivity contribution in [2.24, 2.45) is 10.7 Å². The lowest BCUT2D eigenvalue weighted by atomic mass is 10.0. The predicted molar refractivity (Wildman–Crippen MR) is 81.0 cm³/mol. The number of guanidine groups is 1. The summed E-state index contributed by atoms with van der Waals surface area (Å²) in [5.74, 6) is 0.573. The number of aliphatic imine (C=N–C) groups is 1. The molecule has 2 aromatic rings. The van der Waals surface area contributed by atoms with Crippen LogP contribution in [0.1, 0.15) is 28.6 Å². The van der Waals surface area contributed by atoms with Crippen LogP contribution in [0.5, 0.6) is 0 Å². The van der Waals surface area contributed by atoms with Gasteiger partial charge in [0.15, 0.2) is 5.96 Å². The first kappa shape index (κ1) is 12.7.